The average Bonchev–Trinajstić information content (AvgIpc) is 2.82. The van der Waals surface area contributed by atoms with Gasteiger partial charge >= 0.3 is 5.97 Å². The molecule has 18 heavy (non-hydrogen) atoms. The fourth-order valence-electron chi connectivity index (χ4n) is 2.75. The van der Waals surface area contributed by atoms with E-state index in [0.717, 1.165) is 36.8 Å². The van der Waals surface area contributed by atoms with E-state index in [1.807, 2.05) is 12.3 Å². The van der Waals surface area contributed by atoms with Crippen molar-refractivity contribution < 1.29 is 9.90 Å². The highest BCUT2D eigenvalue weighted by molar-refractivity contribution is 5.94. The Morgan fingerprint density at radius 2 is 2.06 bits per heavy atom. The molecule has 2 aromatic rings. The number of aromatic amines is 1. The van der Waals surface area contributed by atoms with Crippen LogP contribution in [0.3, 0.4) is 0 Å². The van der Waals surface area contributed by atoms with Crippen LogP contribution in [0.2, 0.25) is 0 Å². The molecule has 1 aliphatic heterocycles. The Morgan fingerprint density at radius 1 is 1.28 bits per heavy atom. The minimum Gasteiger partial charge on any atom is -0.478 e. The zero-order valence-electron chi connectivity index (χ0n) is 10.1. The highest BCUT2D eigenvalue weighted by atomic mass is 16.4. The van der Waals surface area contributed by atoms with Crippen molar-refractivity contribution >= 4 is 16.9 Å². The molecule has 94 valence electrons. The zero-order valence-corrected chi connectivity index (χ0v) is 10.1. The van der Waals surface area contributed by atoms with Gasteiger partial charge in [0.2, 0.25) is 0 Å². The summed E-state index contributed by atoms with van der Waals surface area (Å²) in [4.78, 5) is 14.1. The van der Waals surface area contributed by atoms with Gasteiger partial charge in [-0.15, -0.1) is 0 Å². The molecule has 0 aliphatic carbocycles. The van der Waals surface area contributed by atoms with Gasteiger partial charge in [0.25, 0.3) is 0 Å². The van der Waals surface area contributed by atoms with E-state index >= 15 is 0 Å². The molecule has 0 saturated carbocycles. The van der Waals surface area contributed by atoms with Crippen molar-refractivity contribution in [3.05, 3.63) is 35.5 Å². The third kappa shape index (κ3) is 1.88. The lowest BCUT2D eigenvalue weighted by atomic mass is 9.90. The first-order valence-corrected chi connectivity index (χ1v) is 6.31. The van der Waals surface area contributed by atoms with Crippen LogP contribution in [0, 0.1) is 0 Å². The van der Waals surface area contributed by atoms with Crippen LogP contribution in [0.15, 0.2) is 24.4 Å². The Kier molecular flexibility index (Phi) is 2.80. The number of hydrogen-bond donors (Lipinski definition) is 3. The molecule has 3 rings (SSSR count). The average molecular weight is 244 g/mol. The van der Waals surface area contributed by atoms with Crippen LogP contribution in [-0.2, 0) is 0 Å². The van der Waals surface area contributed by atoms with E-state index in [0.29, 0.717) is 11.5 Å². The van der Waals surface area contributed by atoms with Crippen molar-refractivity contribution in [2.75, 3.05) is 13.1 Å². The van der Waals surface area contributed by atoms with E-state index in [1.165, 1.54) is 5.56 Å². The van der Waals surface area contributed by atoms with Crippen molar-refractivity contribution in [2.45, 2.75) is 18.8 Å². The van der Waals surface area contributed by atoms with E-state index in [9.17, 15) is 4.79 Å². The monoisotopic (exact) mass is 244 g/mol. The van der Waals surface area contributed by atoms with Crippen LogP contribution in [0.25, 0.3) is 10.9 Å². The SMILES string of the molecule is O=C(O)c1ccc2c(C3CCNCC3)c[nH]c2c1. The maximum absolute atomic E-state index is 10.9. The Morgan fingerprint density at radius 3 is 2.78 bits per heavy atom. The van der Waals surface area contributed by atoms with Crippen LogP contribution in [0.1, 0.15) is 34.7 Å². The number of carboxylic acid groups (broad SMARTS) is 1. The third-order valence-electron chi connectivity index (χ3n) is 3.74. The van der Waals surface area contributed by atoms with E-state index < -0.39 is 5.97 Å². The van der Waals surface area contributed by atoms with Crippen LogP contribution in [-0.4, -0.2) is 29.1 Å². The van der Waals surface area contributed by atoms with Crippen LogP contribution in [0.4, 0.5) is 0 Å². The van der Waals surface area contributed by atoms with Crippen LogP contribution in [0.5, 0.6) is 0 Å². The summed E-state index contributed by atoms with van der Waals surface area (Å²) in [5, 5.41) is 13.5. The van der Waals surface area contributed by atoms with Gasteiger partial charge in [-0.25, -0.2) is 4.79 Å². The summed E-state index contributed by atoms with van der Waals surface area (Å²) in [5.41, 5.74) is 2.58. The number of fused-ring (bicyclic) bond motifs is 1. The first kappa shape index (κ1) is 11.3. The molecule has 0 radical (unpaired) electrons. The van der Waals surface area contributed by atoms with Gasteiger partial charge in [-0.3, -0.25) is 0 Å². The van der Waals surface area contributed by atoms with Crippen molar-refractivity contribution in [2.24, 2.45) is 0 Å². The molecule has 4 nitrogen and oxygen atoms in total. The van der Waals surface area contributed by atoms with Gasteiger partial charge in [-0.2, -0.15) is 0 Å². The normalized spacial score (nSPS) is 17.1. The molecule has 1 saturated heterocycles. The molecule has 0 unspecified atom stereocenters. The third-order valence-corrected chi connectivity index (χ3v) is 3.74. The Balaban J connectivity index is 2.01. The smallest absolute Gasteiger partial charge is 0.335 e. The lowest BCUT2D eigenvalue weighted by Gasteiger charge is -2.22. The number of benzene rings is 1. The van der Waals surface area contributed by atoms with Crippen molar-refractivity contribution in [3.63, 3.8) is 0 Å². The van der Waals surface area contributed by atoms with Gasteiger partial charge in [0.15, 0.2) is 0 Å². The molecule has 1 fully saturated rings. The number of carboxylic acids is 1. The number of carbonyl (C=O) groups is 1. The molecular formula is C14H16N2O2. The fraction of sp³-hybridized carbons (Fsp3) is 0.357. The van der Waals surface area contributed by atoms with Gasteiger partial charge < -0.3 is 15.4 Å². The number of piperidine rings is 1. The van der Waals surface area contributed by atoms with E-state index in [1.54, 1.807) is 12.1 Å². The number of aromatic nitrogens is 1. The minimum absolute atomic E-state index is 0.334. The molecule has 4 heteroatoms. The van der Waals surface area contributed by atoms with Crippen LogP contribution < -0.4 is 5.32 Å². The summed E-state index contributed by atoms with van der Waals surface area (Å²) in [7, 11) is 0. The first-order chi connectivity index (χ1) is 8.75. The fourth-order valence-corrected chi connectivity index (χ4v) is 2.75. The lowest BCUT2D eigenvalue weighted by molar-refractivity contribution is 0.0697. The Bertz CT molecular complexity index is 582. The van der Waals surface area contributed by atoms with Gasteiger partial charge in [-0.05, 0) is 49.5 Å². The van der Waals surface area contributed by atoms with E-state index in [2.05, 4.69) is 10.3 Å². The second kappa shape index (κ2) is 4.46. The maximum Gasteiger partial charge on any atom is 0.335 e. The molecule has 0 bridgehead atoms. The van der Waals surface area contributed by atoms with E-state index in [4.69, 9.17) is 5.11 Å². The number of aromatic carboxylic acids is 1. The number of hydrogen-bond acceptors (Lipinski definition) is 2. The number of rotatable bonds is 2. The molecule has 1 aromatic carbocycles. The lowest BCUT2D eigenvalue weighted by Crippen LogP contribution is -2.26. The van der Waals surface area contributed by atoms with E-state index in [-0.39, 0.29) is 0 Å². The second-order valence-corrected chi connectivity index (χ2v) is 4.83. The summed E-state index contributed by atoms with van der Waals surface area (Å²) in [6.45, 7) is 2.12. The van der Waals surface area contributed by atoms with Gasteiger partial charge in [0, 0.05) is 17.1 Å². The predicted molar refractivity (Wildman–Crippen MR) is 70.1 cm³/mol. The number of H-pyrrole nitrogens is 1. The van der Waals surface area contributed by atoms with Crippen molar-refractivity contribution in [3.8, 4) is 0 Å². The standard InChI is InChI=1S/C14H16N2O2/c17-14(18)10-1-2-11-12(8-16-13(11)7-10)9-3-5-15-6-4-9/h1-2,7-9,15-16H,3-6H2,(H,17,18). The molecular weight excluding hydrogens is 228 g/mol. The Labute approximate surface area is 105 Å². The molecule has 0 spiro atoms. The first-order valence-electron chi connectivity index (χ1n) is 6.31. The van der Waals surface area contributed by atoms with Crippen molar-refractivity contribution in [1.29, 1.82) is 0 Å². The second-order valence-electron chi connectivity index (χ2n) is 4.83. The summed E-state index contributed by atoms with van der Waals surface area (Å²) in [6.07, 6.45) is 4.33. The molecule has 0 amide bonds. The molecule has 0 atom stereocenters. The Hall–Kier alpha value is -1.81. The topological polar surface area (TPSA) is 65.1 Å². The molecule has 2 heterocycles. The van der Waals surface area contributed by atoms with Gasteiger partial charge in [0.1, 0.15) is 0 Å². The van der Waals surface area contributed by atoms with Crippen molar-refractivity contribution in [1.82, 2.24) is 10.3 Å². The minimum atomic E-state index is -0.880. The van der Waals surface area contributed by atoms with Gasteiger partial charge in [-0.1, -0.05) is 6.07 Å². The highest BCUT2D eigenvalue weighted by Gasteiger charge is 2.18. The zero-order chi connectivity index (χ0) is 12.5. The van der Waals surface area contributed by atoms with Crippen LogP contribution >= 0.6 is 0 Å². The largest absolute Gasteiger partial charge is 0.478 e. The summed E-state index contributed by atoms with van der Waals surface area (Å²) in [6, 6.07) is 5.32. The number of nitrogens with one attached hydrogen (secondary N) is 2. The van der Waals surface area contributed by atoms with Gasteiger partial charge in [0.05, 0.1) is 5.56 Å². The maximum atomic E-state index is 10.9. The molecule has 3 N–H and O–H groups in total. The summed E-state index contributed by atoms with van der Waals surface area (Å²) in [5.74, 6) is -0.300. The quantitative estimate of drug-likeness (QED) is 0.759. The summed E-state index contributed by atoms with van der Waals surface area (Å²) < 4.78 is 0. The predicted octanol–water partition coefficient (Wildman–Crippen LogP) is 2.33. The molecule has 1 aliphatic rings. The summed E-state index contributed by atoms with van der Waals surface area (Å²) >= 11 is 0. The molecule has 1 aromatic heterocycles. The highest BCUT2D eigenvalue weighted by Crippen LogP contribution is 2.31.